The van der Waals surface area contributed by atoms with Crippen molar-refractivity contribution in [2.75, 3.05) is 0 Å². The van der Waals surface area contributed by atoms with Crippen LogP contribution in [-0.4, -0.2) is 13.9 Å². The molecule has 0 aliphatic rings. The summed E-state index contributed by atoms with van der Waals surface area (Å²) in [5.41, 5.74) is 3.67. The van der Waals surface area contributed by atoms with Crippen LogP contribution in [0.25, 0.3) is 0 Å². The van der Waals surface area contributed by atoms with Crippen molar-refractivity contribution in [1.29, 1.82) is 0 Å². The van der Waals surface area contributed by atoms with Gasteiger partial charge in [-0.1, -0.05) is 0 Å². The van der Waals surface area contributed by atoms with Crippen molar-refractivity contribution in [2.24, 2.45) is 0 Å². The SMILES string of the molecule is Cc1ccc([Se+](C#Cc2ccccc2)c2ccc(C)cc2)cc1. The van der Waals surface area contributed by atoms with Crippen molar-refractivity contribution in [3.63, 3.8) is 0 Å². The molecule has 0 aromatic heterocycles. The summed E-state index contributed by atoms with van der Waals surface area (Å²) < 4.78 is 2.73. The first-order valence-electron chi connectivity index (χ1n) is 7.67. The molecule has 3 aromatic carbocycles. The normalized spacial score (nSPS) is 10.2. The number of benzene rings is 3. The van der Waals surface area contributed by atoms with Gasteiger partial charge in [-0.15, -0.1) is 0 Å². The van der Waals surface area contributed by atoms with Crippen LogP contribution in [-0.2, 0) is 0 Å². The molecular weight excluding hydrogens is 343 g/mol. The van der Waals surface area contributed by atoms with E-state index in [1.54, 1.807) is 0 Å². The van der Waals surface area contributed by atoms with E-state index < -0.39 is 13.9 Å². The van der Waals surface area contributed by atoms with Gasteiger partial charge >= 0.3 is 143 Å². The van der Waals surface area contributed by atoms with Gasteiger partial charge in [0.2, 0.25) is 0 Å². The third-order valence-electron chi connectivity index (χ3n) is 3.58. The molecular formula is C22H19Se+. The van der Waals surface area contributed by atoms with Crippen LogP contribution in [0.3, 0.4) is 0 Å². The summed E-state index contributed by atoms with van der Waals surface area (Å²) in [6, 6.07) is 27.9. The second kappa shape index (κ2) is 7.34. The molecule has 0 saturated heterocycles. The minimum absolute atomic E-state index is 1.08. The zero-order chi connectivity index (χ0) is 16.1. The molecule has 112 valence electrons. The maximum atomic E-state index is 3.58. The number of hydrogen-bond donors (Lipinski definition) is 0. The molecule has 0 heterocycles. The van der Waals surface area contributed by atoms with Gasteiger partial charge in [0.15, 0.2) is 0 Å². The molecule has 1 heteroatoms. The first-order chi connectivity index (χ1) is 11.2. The van der Waals surface area contributed by atoms with E-state index in [1.807, 2.05) is 18.2 Å². The number of rotatable bonds is 2. The standard InChI is InChI=1S/C22H19Se/c1-18-8-12-21(13-9-18)23(22-14-10-19(2)11-15-22)17-16-20-6-4-3-5-7-20/h3-15H,1-2H3/q+1. The van der Waals surface area contributed by atoms with E-state index in [0.29, 0.717) is 0 Å². The number of aryl methyl sites for hydroxylation is 2. The van der Waals surface area contributed by atoms with Crippen molar-refractivity contribution in [2.45, 2.75) is 13.8 Å². The molecule has 0 amide bonds. The molecule has 0 fully saturated rings. The Labute approximate surface area is 143 Å². The molecule has 0 nitrogen and oxygen atoms in total. The average molecular weight is 362 g/mol. The van der Waals surface area contributed by atoms with E-state index in [1.165, 1.54) is 20.1 Å². The van der Waals surface area contributed by atoms with E-state index in [-0.39, 0.29) is 0 Å². The minimum atomic E-state index is -1.36. The Morgan fingerprint density at radius 2 is 1.09 bits per heavy atom. The van der Waals surface area contributed by atoms with Gasteiger partial charge in [0, 0.05) is 0 Å². The predicted octanol–water partition coefficient (Wildman–Crippen LogP) is 3.50. The molecule has 3 aromatic rings. The molecule has 0 aliphatic heterocycles. The Morgan fingerprint density at radius 1 is 0.609 bits per heavy atom. The number of hydrogen-bond acceptors (Lipinski definition) is 0. The van der Waals surface area contributed by atoms with E-state index >= 15 is 0 Å². The van der Waals surface area contributed by atoms with E-state index in [4.69, 9.17) is 0 Å². The monoisotopic (exact) mass is 363 g/mol. The molecule has 0 saturated carbocycles. The van der Waals surface area contributed by atoms with E-state index in [2.05, 4.69) is 85.3 Å². The van der Waals surface area contributed by atoms with Gasteiger partial charge in [0.1, 0.15) is 0 Å². The molecule has 0 unspecified atom stereocenters. The molecule has 0 bridgehead atoms. The molecule has 0 radical (unpaired) electrons. The molecule has 0 aliphatic carbocycles. The summed E-state index contributed by atoms with van der Waals surface area (Å²) in [4.78, 5) is 3.58. The first kappa shape index (κ1) is 15.6. The summed E-state index contributed by atoms with van der Waals surface area (Å²) in [6.45, 7) is 4.25. The summed E-state index contributed by atoms with van der Waals surface area (Å²) in [7, 11) is 0. The van der Waals surface area contributed by atoms with Crippen molar-refractivity contribution >= 4 is 22.8 Å². The second-order valence-electron chi connectivity index (χ2n) is 5.53. The fraction of sp³-hybridized carbons (Fsp3) is 0.0909. The van der Waals surface area contributed by atoms with Gasteiger partial charge in [0.05, 0.1) is 0 Å². The van der Waals surface area contributed by atoms with Crippen LogP contribution in [0.1, 0.15) is 16.7 Å². The van der Waals surface area contributed by atoms with Gasteiger partial charge in [-0.2, -0.15) is 0 Å². The Bertz CT molecular complexity index is 774. The van der Waals surface area contributed by atoms with Crippen LogP contribution in [0.2, 0.25) is 0 Å². The third kappa shape index (κ3) is 4.14. The summed E-state index contributed by atoms with van der Waals surface area (Å²) in [5, 5.41) is 0. The summed E-state index contributed by atoms with van der Waals surface area (Å²) in [5.74, 6) is 3.38. The van der Waals surface area contributed by atoms with E-state index in [0.717, 1.165) is 5.56 Å². The maximum absolute atomic E-state index is 3.58. The van der Waals surface area contributed by atoms with Crippen molar-refractivity contribution in [3.05, 3.63) is 95.6 Å². The fourth-order valence-corrected chi connectivity index (χ4v) is 5.47. The molecule has 0 N–H and O–H groups in total. The van der Waals surface area contributed by atoms with Crippen LogP contribution in [0.4, 0.5) is 0 Å². The molecule has 0 spiro atoms. The Balaban J connectivity index is 2.01. The van der Waals surface area contributed by atoms with Crippen LogP contribution >= 0.6 is 0 Å². The van der Waals surface area contributed by atoms with Gasteiger partial charge in [0.25, 0.3) is 0 Å². The Hall–Kier alpha value is -2.26. The Morgan fingerprint density at radius 3 is 1.57 bits per heavy atom. The van der Waals surface area contributed by atoms with Crippen LogP contribution in [0.5, 0.6) is 0 Å². The molecule has 23 heavy (non-hydrogen) atoms. The predicted molar refractivity (Wildman–Crippen MR) is 101 cm³/mol. The molecule has 3 rings (SSSR count). The Kier molecular flexibility index (Phi) is 4.98. The third-order valence-corrected chi connectivity index (χ3v) is 7.35. The van der Waals surface area contributed by atoms with Crippen molar-refractivity contribution in [3.8, 4) is 10.7 Å². The van der Waals surface area contributed by atoms with Crippen LogP contribution in [0, 0.1) is 24.6 Å². The summed E-state index contributed by atoms with van der Waals surface area (Å²) in [6.07, 6.45) is 0. The first-order valence-corrected chi connectivity index (χ1v) is 10.2. The van der Waals surface area contributed by atoms with Gasteiger partial charge in [-0.3, -0.25) is 0 Å². The van der Waals surface area contributed by atoms with E-state index in [9.17, 15) is 0 Å². The zero-order valence-corrected chi connectivity index (χ0v) is 15.1. The van der Waals surface area contributed by atoms with Gasteiger partial charge in [-0.25, -0.2) is 0 Å². The van der Waals surface area contributed by atoms with Crippen LogP contribution in [0.15, 0.2) is 78.9 Å². The summed E-state index contributed by atoms with van der Waals surface area (Å²) >= 11 is -1.36. The van der Waals surface area contributed by atoms with Crippen molar-refractivity contribution in [1.82, 2.24) is 0 Å². The molecule has 0 atom stereocenters. The van der Waals surface area contributed by atoms with Crippen molar-refractivity contribution < 1.29 is 0 Å². The zero-order valence-electron chi connectivity index (χ0n) is 13.4. The quantitative estimate of drug-likeness (QED) is 0.484. The van der Waals surface area contributed by atoms with Gasteiger partial charge in [-0.05, 0) is 0 Å². The van der Waals surface area contributed by atoms with Gasteiger partial charge < -0.3 is 0 Å². The second-order valence-corrected chi connectivity index (χ2v) is 9.22. The topological polar surface area (TPSA) is 0 Å². The fourth-order valence-electron chi connectivity index (χ4n) is 2.23. The van der Waals surface area contributed by atoms with Crippen LogP contribution < -0.4 is 8.92 Å². The average Bonchev–Trinajstić information content (AvgIpc) is 2.59.